The molecule has 20 heavy (non-hydrogen) atoms. The van der Waals surface area contributed by atoms with Crippen LogP contribution in [0, 0.1) is 6.07 Å². The molecule has 2 aromatic carbocycles. The van der Waals surface area contributed by atoms with Crippen molar-refractivity contribution in [3.63, 3.8) is 0 Å². The molecule has 0 aliphatic carbocycles. The number of para-hydroxylation sites is 2. The lowest BCUT2D eigenvalue weighted by Crippen LogP contribution is -2.21. The standard InChI is InChI=1S/C17H17N2O/c20-17(14-8-2-1-3-9-14)18-15-10-4-5-11-16(15)19-12-6-7-13-19/h1-5,8,10-11H,6-7,12-13H2,(H,18,20). The fourth-order valence-electron chi connectivity index (χ4n) is 2.54. The Kier molecular flexibility index (Phi) is 3.68. The van der Waals surface area contributed by atoms with E-state index in [1.807, 2.05) is 30.3 Å². The molecule has 0 spiro atoms. The van der Waals surface area contributed by atoms with E-state index in [1.165, 1.54) is 12.8 Å². The van der Waals surface area contributed by atoms with E-state index in [0.29, 0.717) is 5.56 Å². The summed E-state index contributed by atoms with van der Waals surface area (Å²) >= 11 is 0. The van der Waals surface area contributed by atoms with Crippen LogP contribution in [0.4, 0.5) is 11.4 Å². The van der Waals surface area contributed by atoms with Gasteiger partial charge in [0.25, 0.3) is 5.91 Å². The van der Waals surface area contributed by atoms with E-state index in [2.05, 4.69) is 22.3 Å². The Morgan fingerprint density at radius 2 is 1.80 bits per heavy atom. The van der Waals surface area contributed by atoms with E-state index < -0.39 is 0 Å². The largest absolute Gasteiger partial charge is 0.370 e. The first kappa shape index (κ1) is 12.7. The topological polar surface area (TPSA) is 32.3 Å². The van der Waals surface area contributed by atoms with Crippen molar-refractivity contribution in [3.8, 4) is 0 Å². The highest BCUT2D eigenvalue weighted by molar-refractivity contribution is 6.05. The Morgan fingerprint density at radius 3 is 2.55 bits per heavy atom. The lowest BCUT2D eigenvalue weighted by atomic mass is 10.2. The van der Waals surface area contributed by atoms with Gasteiger partial charge in [-0.2, -0.15) is 0 Å². The van der Waals surface area contributed by atoms with Crippen molar-refractivity contribution < 1.29 is 4.79 Å². The van der Waals surface area contributed by atoms with E-state index in [9.17, 15) is 4.79 Å². The van der Waals surface area contributed by atoms with Crippen molar-refractivity contribution >= 4 is 17.3 Å². The third kappa shape index (κ3) is 2.67. The average molecular weight is 265 g/mol. The van der Waals surface area contributed by atoms with Crippen molar-refractivity contribution in [2.75, 3.05) is 23.3 Å². The van der Waals surface area contributed by atoms with Gasteiger partial charge in [-0.25, -0.2) is 0 Å². The number of nitrogens with one attached hydrogen (secondary N) is 1. The Labute approximate surface area is 119 Å². The number of amides is 1. The van der Waals surface area contributed by atoms with Gasteiger partial charge < -0.3 is 10.2 Å². The molecule has 2 aromatic rings. The first-order valence-electron chi connectivity index (χ1n) is 6.96. The molecule has 3 nitrogen and oxygen atoms in total. The van der Waals surface area contributed by atoms with Crippen molar-refractivity contribution in [2.45, 2.75) is 12.8 Å². The first-order chi connectivity index (χ1) is 9.84. The van der Waals surface area contributed by atoms with Gasteiger partial charge in [-0.15, -0.1) is 0 Å². The fraction of sp³-hybridized carbons (Fsp3) is 0.235. The molecule has 1 N–H and O–H groups in total. The van der Waals surface area contributed by atoms with Crippen LogP contribution in [0.25, 0.3) is 0 Å². The van der Waals surface area contributed by atoms with Crippen LogP contribution < -0.4 is 10.2 Å². The zero-order valence-electron chi connectivity index (χ0n) is 11.3. The average Bonchev–Trinajstić information content (AvgIpc) is 3.03. The Balaban J connectivity index is 1.82. The number of benzene rings is 2. The SMILES string of the molecule is O=C(Nc1ccccc1N1CCCC1)c1[c]cccc1. The minimum Gasteiger partial charge on any atom is -0.370 e. The maximum Gasteiger partial charge on any atom is 0.256 e. The van der Waals surface area contributed by atoms with E-state index in [0.717, 1.165) is 24.5 Å². The molecule has 1 aliphatic heterocycles. The van der Waals surface area contributed by atoms with E-state index in [4.69, 9.17) is 0 Å². The summed E-state index contributed by atoms with van der Waals surface area (Å²) in [5.74, 6) is -0.114. The van der Waals surface area contributed by atoms with Crippen molar-refractivity contribution in [1.29, 1.82) is 0 Å². The summed E-state index contributed by atoms with van der Waals surface area (Å²) in [5.41, 5.74) is 2.54. The second kappa shape index (κ2) is 5.78. The number of hydrogen-bond donors (Lipinski definition) is 1. The normalized spacial score (nSPS) is 14.3. The summed E-state index contributed by atoms with van der Waals surface area (Å²) in [7, 11) is 0. The molecule has 1 heterocycles. The maximum atomic E-state index is 12.2. The van der Waals surface area contributed by atoms with Gasteiger partial charge in [0, 0.05) is 18.7 Å². The van der Waals surface area contributed by atoms with Crippen LogP contribution in [0.3, 0.4) is 0 Å². The third-order valence-corrected chi connectivity index (χ3v) is 3.55. The zero-order valence-corrected chi connectivity index (χ0v) is 11.3. The minimum absolute atomic E-state index is 0.114. The quantitative estimate of drug-likeness (QED) is 0.923. The van der Waals surface area contributed by atoms with Gasteiger partial charge in [0.05, 0.1) is 11.4 Å². The lowest BCUT2D eigenvalue weighted by molar-refractivity contribution is 0.102. The Bertz CT molecular complexity index is 589. The summed E-state index contributed by atoms with van der Waals surface area (Å²) in [6.45, 7) is 2.12. The van der Waals surface area contributed by atoms with Crippen LogP contribution in [-0.2, 0) is 0 Å². The molecular weight excluding hydrogens is 248 g/mol. The molecule has 0 unspecified atom stereocenters. The van der Waals surface area contributed by atoms with E-state index in [-0.39, 0.29) is 5.91 Å². The van der Waals surface area contributed by atoms with Crippen molar-refractivity contribution in [1.82, 2.24) is 0 Å². The lowest BCUT2D eigenvalue weighted by Gasteiger charge is -2.21. The van der Waals surface area contributed by atoms with Gasteiger partial charge in [0.1, 0.15) is 0 Å². The summed E-state index contributed by atoms with van der Waals surface area (Å²) in [5, 5.41) is 2.99. The summed E-state index contributed by atoms with van der Waals surface area (Å²) in [6.07, 6.45) is 2.43. The molecule has 0 aromatic heterocycles. The number of anilines is 2. The Hall–Kier alpha value is -2.29. The van der Waals surface area contributed by atoms with Gasteiger partial charge in [0.2, 0.25) is 0 Å². The second-order valence-corrected chi connectivity index (χ2v) is 4.94. The molecule has 0 atom stereocenters. The molecule has 3 rings (SSSR count). The fourth-order valence-corrected chi connectivity index (χ4v) is 2.54. The van der Waals surface area contributed by atoms with Crippen LogP contribution in [0.15, 0.2) is 48.5 Å². The van der Waals surface area contributed by atoms with E-state index >= 15 is 0 Å². The molecular formula is C17H17N2O. The highest BCUT2D eigenvalue weighted by atomic mass is 16.1. The minimum atomic E-state index is -0.114. The number of carbonyl (C=O) groups is 1. The maximum absolute atomic E-state index is 12.2. The molecule has 1 aliphatic rings. The summed E-state index contributed by atoms with van der Waals surface area (Å²) in [4.78, 5) is 14.5. The van der Waals surface area contributed by atoms with Gasteiger partial charge >= 0.3 is 0 Å². The number of rotatable bonds is 3. The summed E-state index contributed by atoms with van der Waals surface area (Å²) < 4.78 is 0. The van der Waals surface area contributed by atoms with Crippen LogP contribution >= 0.6 is 0 Å². The van der Waals surface area contributed by atoms with Crippen LogP contribution in [0.2, 0.25) is 0 Å². The predicted molar refractivity (Wildman–Crippen MR) is 81.1 cm³/mol. The van der Waals surface area contributed by atoms with Crippen LogP contribution in [0.1, 0.15) is 23.2 Å². The monoisotopic (exact) mass is 265 g/mol. The van der Waals surface area contributed by atoms with Crippen LogP contribution in [0.5, 0.6) is 0 Å². The molecule has 1 saturated heterocycles. The Morgan fingerprint density at radius 1 is 1.05 bits per heavy atom. The predicted octanol–water partition coefficient (Wildman–Crippen LogP) is 3.34. The number of carbonyl (C=O) groups excluding carboxylic acids is 1. The van der Waals surface area contributed by atoms with Crippen LogP contribution in [-0.4, -0.2) is 19.0 Å². The molecule has 101 valence electrons. The van der Waals surface area contributed by atoms with E-state index in [1.54, 1.807) is 12.1 Å². The first-order valence-corrected chi connectivity index (χ1v) is 6.96. The highest BCUT2D eigenvalue weighted by Gasteiger charge is 2.16. The number of hydrogen-bond acceptors (Lipinski definition) is 2. The van der Waals surface area contributed by atoms with Gasteiger partial charge in [-0.05, 0) is 37.1 Å². The summed E-state index contributed by atoms with van der Waals surface area (Å²) in [6, 6.07) is 18.2. The van der Waals surface area contributed by atoms with Gasteiger partial charge in [-0.1, -0.05) is 30.3 Å². The number of nitrogens with zero attached hydrogens (tertiary/aromatic N) is 1. The second-order valence-electron chi connectivity index (χ2n) is 4.94. The van der Waals surface area contributed by atoms with Gasteiger partial charge in [-0.3, -0.25) is 4.79 Å². The highest BCUT2D eigenvalue weighted by Crippen LogP contribution is 2.28. The molecule has 0 bridgehead atoms. The van der Waals surface area contributed by atoms with Crippen molar-refractivity contribution in [2.24, 2.45) is 0 Å². The molecule has 0 saturated carbocycles. The zero-order chi connectivity index (χ0) is 13.8. The molecule has 1 amide bonds. The van der Waals surface area contributed by atoms with Crippen molar-refractivity contribution in [3.05, 3.63) is 60.2 Å². The molecule has 3 heteroatoms. The molecule has 1 radical (unpaired) electrons. The third-order valence-electron chi connectivity index (χ3n) is 3.55. The van der Waals surface area contributed by atoms with Gasteiger partial charge in [0.15, 0.2) is 0 Å². The molecule has 1 fully saturated rings. The smallest absolute Gasteiger partial charge is 0.256 e.